The summed E-state index contributed by atoms with van der Waals surface area (Å²) in [5, 5.41) is 15.8. The van der Waals surface area contributed by atoms with Gasteiger partial charge in [0.15, 0.2) is 5.71 Å². The fraction of sp³-hybridized carbons (Fsp3) is 0.545. The lowest BCUT2D eigenvalue weighted by atomic mass is 9.96. The number of hydrogen-bond donors (Lipinski definition) is 2. The van der Waals surface area contributed by atoms with Crippen LogP contribution in [0.4, 0.5) is 4.39 Å². The van der Waals surface area contributed by atoms with E-state index in [-0.39, 0.29) is 11.3 Å². The second-order valence-electron chi connectivity index (χ2n) is 9.25. The van der Waals surface area contributed by atoms with Gasteiger partial charge in [-0.2, -0.15) is 0 Å². The van der Waals surface area contributed by atoms with Crippen molar-refractivity contribution in [1.82, 2.24) is 10.2 Å². The summed E-state index contributed by atoms with van der Waals surface area (Å²) >= 11 is 1.33. The van der Waals surface area contributed by atoms with Gasteiger partial charge in [0, 0.05) is 10.3 Å². The van der Waals surface area contributed by atoms with Crippen LogP contribution in [0.25, 0.3) is 0 Å². The van der Waals surface area contributed by atoms with Crippen LogP contribution in [0, 0.1) is 5.82 Å². The summed E-state index contributed by atoms with van der Waals surface area (Å²) < 4.78 is 13.1. The second-order valence-corrected chi connectivity index (χ2v) is 11.0. The third-order valence-electron chi connectivity index (χ3n) is 6.29. The number of carboxylic acid groups (broad SMARTS) is 1. The fourth-order valence-electron chi connectivity index (χ4n) is 4.59. The van der Waals surface area contributed by atoms with Gasteiger partial charge in [-0.25, -0.2) is 9.18 Å². The molecule has 2 aliphatic heterocycles. The molecule has 32 heavy (non-hydrogen) atoms. The van der Waals surface area contributed by atoms with Gasteiger partial charge in [-0.15, -0.1) is 11.8 Å². The Morgan fingerprint density at radius 3 is 2.59 bits per heavy atom. The SMILES string of the molecule is CC1(O/N=C(\C(=O)N[C@H]2C(=O)N3[C@@H]2SC(C)(C)[C@@H]3C(=O)O)c2cccc(F)c2)CCCC1. The van der Waals surface area contributed by atoms with Crippen molar-refractivity contribution < 1.29 is 28.7 Å². The normalized spacial score (nSPS) is 28.1. The first-order valence-electron chi connectivity index (χ1n) is 10.6. The molecule has 3 aliphatic rings. The molecule has 10 heteroatoms. The average Bonchev–Trinajstić information content (AvgIpc) is 3.25. The standard InChI is InChI=1S/C22H26FN3O5S/c1-21(2)16(20(29)30)26-18(28)15(19(26)32-21)24-17(27)14(12-7-6-8-13(23)11-12)25-31-22(3)9-4-5-10-22/h6-8,11,15-16,19H,4-5,9-10H2,1-3H3,(H,24,27)(H,29,30)/b25-14-/t15-,16-,19+/m0/s1. The summed E-state index contributed by atoms with van der Waals surface area (Å²) in [6.45, 7) is 5.44. The number of β-lactam (4-membered cyclic amide) rings is 1. The van der Waals surface area contributed by atoms with Crippen molar-refractivity contribution in [2.24, 2.45) is 5.16 Å². The van der Waals surface area contributed by atoms with Crippen molar-refractivity contribution >= 4 is 35.3 Å². The van der Waals surface area contributed by atoms with E-state index in [4.69, 9.17) is 4.84 Å². The van der Waals surface area contributed by atoms with Crippen LogP contribution in [0.1, 0.15) is 52.0 Å². The molecule has 8 nitrogen and oxygen atoms in total. The Hall–Kier alpha value is -2.62. The summed E-state index contributed by atoms with van der Waals surface area (Å²) in [5.41, 5.74) is -0.390. The van der Waals surface area contributed by atoms with E-state index in [0.29, 0.717) is 0 Å². The second kappa shape index (κ2) is 8.06. The van der Waals surface area contributed by atoms with Gasteiger partial charge in [-0.1, -0.05) is 17.3 Å². The molecule has 0 unspecified atom stereocenters. The highest BCUT2D eigenvalue weighted by Crippen LogP contribution is 2.50. The molecule has 1 saturated carbocycles. The zero-order valence-corrected chi connectivity index (χ0v) is 18.9. The zero-order valence-electron chi connectivity index (χ0n) is 18.1. The molecule has 2 saturated heterocycles. The summed E-state index contributed by atoms with van der Waals surface area (Å²) in [7, 11) is 0. The molecule has 2 amide bonds. The molecule has 2 heterocycles. The highest BCUT2D eigenvalue weighted by atomic mass is 32.2. The predicted molar refractivity (Wildman–Crippen MR) is 117 cm³/mol. The highest BCUT2D eigenvalue weighted by Gasteiger charge is 2.64. The molecule has 1 aromatic carbocycles. The van der Waals surface area contributed by atoms with Gasteiger partial charge in [0.1, 0.15) is 28.9 Å². The van der Waals surface area contributed by atoms with E-state index in [1.165, 1.54) is 34.9 Å². The number of fused-ring (bicyclic) bond motifs is 1. The predicted octanol–water partition coefficient (Wildman–Crippen LogP) is 2.51. The number of thioether (sulfide) groups is 1. The number of amides is 2. The molecule has 3 fully saturated rings. The van der Waals surface area contributed by atoms with E-state index in [2.05, 4.69) is 10.5 Å². The third kappa shape index (κ3) is 3.96. The van der Waals surface area contributed by atoms with Crippen LogP contribution in [0.2, 0.25) is 0 Å². The van der Waals surface area contributed by atoms with Crippen molar-refractivity contribution in [3.63, 3.8) is 0 Å². The molecule has 0 radical (unpaired) electrons. The Morgan fingerprint density at radius 1 is 1.28 bits per heavy atom. The first-order chi connectivity index (χ1) is 15.0. The van der Waals surface area contributed by atoms with Crippen molar-refractivity contribution in [3.8, 4) is 0 Å². The lowest BCUT2D eigenvalue weighted by Gasteiger charge is -2.43. The maximum atomic E-state index is 13.8. The molecule has 0 bridgehead atoms. The molecule has 1 aliphatic carbocycles. The smallest absolute Gasteiger partial charge is 0.327 e. The number of hydrogen-bond acceptors (Lipinski definition) is 6. The van der Waals surface area contributed by atoms with Gasteiger partial charge in [0.05, 0.1) is 0 Å². The first-order valence-corrected chi connectivity index (χ1v) is 11.5. The minimum absolute atomic E-state index is 0.124. The summed E-state index contributed by atoms with van der Waals surface area (Å²) in [6, 6.07) is 3.59. The largest absolute Gasteiger partial charge is 0.480 e. The molecular formula is C22H26FN3O5S. The molecule has 172 valence electrons. The van der Waals surface area contributed by atoms with Crippen LogP contribution in [0.15, 0.2) is 29.4 Å². The van der Waals surface area contributed by atoms with Gasteiger partial charge in [0.25, 0.3) is 5.91 Å². The lowest BCUT2D eigenvalue weighted by molar-refractivity contribution is -0.160. The number of nitrogens with zero attached hydrogens (tertiary/aromatic N) is 2. The van der Waals surface area contributed by atoms with Crippen LogP contribution in [-0.2, 0) is 19.2 Å². The van der Waals surface area contributed by atoms with Crippen LogP contribution in [-0.4, -0.2) is 61.3 Å². The summed E-state index contributed by atoms with van der Waals surface area (Å²) in [5.74, 6) is -2.75. The maximum Gasteiger partial charge on any atom is 0.327 e. The number of carboxylic acids is 1. The number of aliphatic carboxylic acids is 1. The minimum Gasteiger partial charge on any atom is -0.480 e. The molecule has 0 aromatic heterocycles. The van der Waals surface area contributed by atoms with Gasteiger partial charge in [-0.3, -0.25) is 9.59 Å². The average molecular weight is 464 g/mol. The number of carbonyl (C=O) groups excluding carboxylic acids is 2. The van der Waals surface area contributed by atoms with Gasteiger partial charge >= 0.3 is 5.97 Å². The number of rotatable bonds is 6. The van der Waals surface area contributed by atoms with Crippen molar-refractivity contribution in [3.05, 3.63) is 35.6 Å². The molecule has 2 N–H and O–H groups in total. The van der Waals surface area contributed by atoms with Crippen molar-refractivity contribution in [1.29, 1.82) is 0 Å². The van der Waals surface area contributed by atoms with E-state index in [9.17, 15) is 23.9 Å². The number of nitrogens with one attached hydrogen (secondary N) is 1. The van der Waals surface area contributed by atoms with Crippen LogP contribution >= 0.6 is 11.8 Å². The third-order valence-corrected chi connectivity index (χ3v) is 7.86. The Labute approximate surface area is 189 Å². The minimum atomic E-state index is -1.08. The highest BCUT2D eigenvalue weighted by molar-refractivity contribution is 8.01. The van der Waals surface area contributed by atoms with Gasteiger partial charge in [-0.05, 0) is 58.6 Å². The van der Waals surface area contributed by atoms with E-state index < -0.39 is 51.4 Å². The molecular weight excluding hydrogens is 437 g/mol. The van der Waals surface area contributed by atoms with Crippen LogP contribution in [0.5, 0.6) is 0 Å². The zero-order chi connectivity index (χ0) is 23.3. The summed E-state index contributed by atoms with van der Waals surface area (Å²) in [6.07, 6.45) is 3.60. The quantitative estimate of drug-likeness (QED) is 0.381. The van der Waals surface area contributed by atoms with Crippen LogP contribution in [0.3, 0.4) is 0 Å². The lowest BCUT2D eigenvalue weighted by Crippen LogP contribution is -2.71. The Bertz CT molecular complexity index is 992. The monoisotopic (exact) mass is 463 g/mol. The number of carbonyl (C=O) groups is 3. The number of oxime groups is 1. The Morgan fingerprint density at radius 2 is 1.97 bits per heavy atom. The molecule has 1 aromatic rings. The van der Waals surface area contributed by atoms with Crippen molar-refractivity contribution in [2.75, 3.05) is 0 Å². The molecule has 3 atom stereocenters. The first kappa shape index (κ1) is 22.6. The molecule has 4 rings (SSSR count). The number of benzene rings is 1. The van der Waals surface area contributed by atoms with Gasteiger partial charge in [0.2, 0.25) is 5.91 Å². The van der Waals surface area contributed by atoms with Crippen molar-refractivity contribution in [2.45, 2.75) is 74.3 Å². The Kier molecular flexibility index (Phi) is 5.68. The Balaban J connectivity index is 1.56. The van der Waals surface area contributed by atoms with E-state index in [1.54, 1.807) is 19.9 Å². The topological polar surface area (TPSA) is 108 Å². The maximum absolute atomic E-state index is 13.8. The van der Waals surface area contributed by atoms with Gasteiger partial charge < -0.3 is 20.2 Å². The summed E-state index contributed by atoms with van der Waals surface area (Å²) in [4.78, 5) is 44.6. The van der Waals surface area contributed by atoms with E-state index >= 15 is 0 Å². The molecule has 0 spiro atoms. The van der Waals surface area contributed by atoms with E-state index in [1.807, 2.05) is 6.92 Å². The van der Waals surface area contributed by atoms with E-state index in [0.717, 1.165) is 25.7 Å². The number of halogens is 1. The fourth-order valence-corrected chi connectivity index (χ4v) is 6.21. The van der Waals surface area contributed by atoms with Crippen LogP contribution < -0.4 is 5.32 Å².